The van der Waals surface area contributed by atoms with Crippen molar-refractivity contribution in [1.29, 1.82) is 0 Å². The fraction of sp³-hybridized carbons (Fsp3) is 0.833. The van der Waals surface area contributed by atoms with Gasteiger partial charge in [0.2, 0.25) is 5.91 Å². The highest BCUT2D eigenvalue weighted by molar-refractivity contribution is 7.98. The molecule has 2 amide bonds. The van der Waals surface area contributed by atoms with Crippen LogP contribution in [0.25, 0.3) is 0 Å². The molecule has 0 bridgehead atoms. The van der Waals surface area contributed by atoms with E-state index in [0.717, 1.165) is 5.75 Å². The Hall–Kier alpha value is -0.860. The van der Waals surface area contributed by atoms with Gasteiger partial charge in [0.05, 0.1) is 11.7 Å². The van der Waals surface area contributed by atoms with E-state index in [1.165, 1.54) is 0 Å². The Morgan fingerprint density at radius 2 is 1.12 bits per heavy atom. The van der Waals surface area contributed by atoms with Crippen LogP contribution in [0.1, 0.15) is 83.1 Å². The summed E-state index contributed by atoms with van der Waals surface area (Å²) in [5.74, 6) is 0.725. The van der Waals surface area contributed by atoms with Crippen LogP contribution in [0.4, 0.5) is 0 Å². The lowest BCUT2D eigenvalue weighted by Gasteiger charge is -2.30. The molecule has 0 saturated heterocycles. The Morgan fingerprint density at radius 3 is 1.41 bits per heavy atom. The molecule has 0 aromatic rings. The van der Waals surface area contributed by atoms with E-state index in [9.17, 15) is 9.59 Å². The fourth-order valence-corrected chi connectivity index (χ4v) is 2.82. The van der Waals surface area contributed by atoms with Crippen LogP contribution in [0.3, 0.4) is 0 Å². The highest BCUT2D eigenvalue weighted by Gasteiger charge is 2.26. The molecule has 0 aromatic carbocycles. The number of nitrogens with one attached hydrogen (secondary N) is 4. The minimum atomic E-state index is -0.223. The first kappa shape index (κ1) is 35.7. The summed E-state index contributed by atoms with van der Waals surface area (Å²) in [7, 11) is 0. The minimum Gasteiger partial charge on any atom is -0.376 e. The number of thioether (sulfide) groups is 1. The molecule has 4 N–H and O–H groups in total. The Bertz CT molecular complexity index is 541. The molecule has 0 saturated carbocycles. The van der Waals surface area contributed by atoms with Crippen LogP contribution >= 0.6 is 24.4 Å². The van der Waals surface area contributed by atoms with E-state index in [-0.39, 0.29) is 40.0 Å². The second-order valence-electron chi connectivity index (χ2n) is 11.7. The first-order valence-electron chi connectivity index (χ1n) is 10.9. The van der Waals surface area contributed by atoms with E-state index in [4.69, 9.17) is 0 Å². The highest BCUT2D eigenvalue weighted by Crippen LogP contribution is 2.08. The molecule has 0 radical (unpaired) electrons. The van der Waals surface area contributed by atoms with Crippen molar-refractivity contribution < 1.29 is 9.59 Å². The zero-order chi connectivity index (χ0) is 26.6. The largest absolute Gasteiger partial charge is 0.376 e. The van der Waals surface area contributed by atoms with Crippen LogP contribution in [-0.2, 0) is 9.59 Å². The summed E-state index contributed by atoms with van der Waals surface area (Å²) in [6.45, 7) is 27.7. The van der Waals surface area contributed by atoms with Gasteiger partial charge in [-0.05, 0) is 95.6 Å². The van der Waals surface area contributed by atoms with Crippen LogP contribution in [0.2, 0.25) is 0 Å². The lowest BCUT2D eigenvalue weighted by molar-refractivity contribution is -0.124. The van der Waals surface area contributed by atoms with Crippen LogP contribution in [0.5, 0.6) is 0 Å². The summed E-state index contributed by atoms with van der Waals surface area (Å²) in [4.78, 5) is 23.6. The number of thiol groups is 1. The third kappa shape index (κ3) is 25.4. The molecule has 6 nitrogen and oxygen atoms in total. The van der Waals surface area contributed by atoms with E-state index in [1.807, 2.05) is 68.6 Å². The average Bonchev–Trinajstić information content (AvgIpc) is 2.51. The van der Waals surface area contributed by atoms with Crippen molar-refractivity contribution >= 4 is 36.2 Å². The molecule has 0 spiro atoms. The van der Waals surface area contributed by atoms with Gasteiger partial charge in [0, 0.05) is 27.9 Å². The highest BCUT2D eigenvalue weighted by atomic mass is 32.2. The van der Waals surface area contributed by atoms with Crippen molar-refractivity contribution in [2.45, 2.75) is 111 Å². The van der Waals surface area contributed by atoms with Crippen LogP contribution in [0, 0.1) is 0 Å². The predicted octanol–water partition coefficient (Wildman–Crippen LogP) is 4.37. The Balaban J connectivity index is -0.000000491. The lowest BCUT2D eigenvalue weighted by Crippen LogP contribution is -2.56. The van der Waals surface area contributed by atoms with Gasteiger partial charge in [-0.15, -0.1) is 0 Å². The maximum Gasteiger partial charge on any atom is 0.267 e. The van der Waals surface area contributed by atoms with E-state index in [2.05, 4.69) is 61.2 Å². The van der Waals surface area contributed by atoms with Crippen LogP contribution in [-0.4, -0.2) is 58.3 Å². The molecule has 0 fully saturated rings. The minimum absolute atomic E-state index is 0.0460. The maximum absolute atomic E-state index is 12.0. The zero-order valence-corrected chi connectivity index (χ0v) is 24.9. The van der Waals surface area contributed by atoms with E-state index >= 15 is 0 Å². The molecule has 1 unspecified atom stereocenters. The molecule has 0 rings (SSSR count). The molecule has 0 heterocycles. The molecule has 192 valence electrons. The van der Waals surface area contributed by atoms with Crippen LogP contribution in [0.15, 0.2) is 12.3 Å². The van der Waals surface area contributed by atoms with Crippen molar-refractivity contribution in [3.05, 3.63) is 12.3 Å². The summed E-state index contributed by atoms with van der Waals surface area (Å²) < 4.78 is 0. The summed E-state index contributed by atoms with van der Waals surface area (Å²) in [6, 6.07) is -0.130. The molecule has 0 aliphatic heterocycles. The quantitative estimate of drug-likeness (QED) is 0.281. The summed E-state index contributed by atoms with van der Waals surface area (Å²) >= 11 is 5.21. The number of carbonyl (C=O) groups is 2. The second kappa shape index (κ2) is 15.1. The predicted molar refractivity (Wildman–Crippen MR) is 148 cm³/mol. The first-order chi connectivity index (χ1) is 14.1. The van der Waals surface area contributed by atoms with Gasteiger partial charge in [-0.3, -0.25) is 9.59 Å². The SMILES string of the molecule is C=C(NC(C)(C)C)C(=O)NC(C)(C)C.CS.CSCC(NC(C)(C)C)C(=O)NC(C)(C)C. The molecular weight excluding hydrogens is 440 g/mol. The molecule has 0 aliphatic carbocycles. The molecule has 0 aromatic heterocycles. The van der Waals surface area contributed by atoms with Crippen molar-refractivity contribution in [3.8, 4) is 0 Å². The molecule has 0 aliphatic rings. The first-order valence-corrected chi connectivity index (χ1v) is 13.2. The number of amides is 2. The summed E-state index contributed by atoms with van der Waals surface area (Å²) in [5.41, 5.74) is -0.165. The molecular formula is C24H52N4O2S2. The monoisotopic (exact) mass is 492 g/mol. The zero-order valence-electron chi connectivity index (χ0n) is 23.2. The standard InChI is InChI=1S/C12H26N2OS.C11H22N2O.CH4S/c1-11(2,3)13-9(8-16-7)10(15)14-12(4,5)6;1-8(12-10(2,3)4)9(14)13-11(5,6)7;1-2/h9,13H,8H2,1-7H3,(H,14,15);12H,1H2,2-7H3,(H,13,14);2H,1H3. The summed E-state index contributed by atoms with van der Waals surface area (Å²) in [5, 5.41) is 12.2. The number of hydrogen-bond acceptors (Lipinski definition) is 6. The van der Waals surface area contributed by atoms with Gasteiger partial charge < -0.3 is 21.3 Å². The van der Waals surface area contributed by atoms with Crippen molar-refractivity contribution in [1.82, 2.24) is 21.3 Å². The topological polar surface area (TPSA) is 82.3 Å². The number of hydrogen-bond donors (Lipinski definition) is 5. The van der Waals surface area contributed by atoms with E-state index in [1.54, 1.807) is 18.0 Å². The van der Waals surface area contributed by atoms with Gasteiger partial charge in [-0.1, -0.05) is 6.58 Å². The Labute approximate surface area is 208 Å². The molecule has 8 heteroatoms. The van der Waals surface area contributed by atoms with E-state index < -0.39 is 0 Å². The fourth-order valence-electron chi connectivity index (χ4n) is 2.25. The van der Waals surface area contributed by atoms with Gasteiger partial charge in [-0.25, -0.2) is 0 Å². The average molecular weight is 493 g/mol. The smallest absolute Gasteiger partial charge is 0.267 e. The van der Waals surface area contributed by atoms with Crippen molar-refractivity contribution in [3.63, 3.8) is 0 Å². The van der Waals surface area contributed by atoms with Gasteiger partial charge >= 0.3 is 0 Å². The third-order valence-electron chi connectivity index (χ3n) is 3.04. The van der Waals surface area contributed by atoms with Crippen molar-refractivity contribution in [2.75, 3.05) is 18.3 Å². The van der Waals surface area contributed by atoms with Crippen molar-refractivity contribution in [2.24, 2.45) is 0 Å². The second-order valence-corrected chi connectivity index (χ2v) is 12.6. The Kier molecular flexibility index (Phi) is 16.9. The molecule has 32 heavy (non-hydrogen) atoms. The van der Waals surface area contributed by atoms with Gasteiger partial charge in [-0.2, -0.15) is 24.4 Å². The third-order valence-corrected chi connectivity index (χ3v) is 3.71. The maximum atomic E-state index is 12.0. The molecule has 1 atom stereocenters. The normalized spacial score (nSPS) is 12.8. The van der Waals surface area contributed by atoms with E-state index in [0.29, 0.717) is 5.70 Å². The van der Waals surface area contributed by atoms with Gasteiger partial charge in [0.1, 0.15) is 0 Å². The lowest BCUT2D eigenvalue weighted by atomic mass is 10.1. The van der Waals surface area contributed by atoms with Gasteiger partial charge in [0.15, 0.2) is 0 Å². The Morgan fingerprint density at radius 1 is 0.750 bits per heavy atom. The summed E-state index contributed by atoms with van der Waals surface area (Å²) in [6.07, 6.45) is 3.71. The number of rotatable bonds is 6. The van der Waals surface area contributed by atoms with Crippen LogP contribution < -0.4 is 21.3 Å². The number of carbonyl (C=O) groups excluding carboxylic acids is 2. The van der Waals surface area contributed by atoms with Gasteiger partial charge in [0.25, 0.3) is 5.91 Å².